The van der Waals surface area contributed by atoms with Crippen molar-refractivity contribution in [2.75, 3.05) is 0 Å². The summed E-state index contributed by atoms with van der Waals surface area (Å²) in [5.74, 6) is 0.739. The number of hydrogen-bond acceptors (Lipinski definition) is 3. The molecule has 0 aliphatic carbocycles. The van der Waals surface area contributed by atoms with Crippen LogP contribution in [0.5, 0.6) is 0 Å². The summed E-state index contributed by atoms with van der Waals surface area (Å²) in [7, 11) is 0. The summed E-state index contributed by atoms with van der Waals surface area (Å²) >= 11 is 14.8. The average Bonchev–Trinajstić information content (AvgIpc) is 2.87. The molecule has 0 unspecified atom stereocenters. The fourth-order valence-electron chi connectivity index (χ4n) is 2.08. The third-order valence-electron chi connectivity index (χ3n) is 3.01. The van der Waals surface area contributed by atoms with E-state index in [0.29, 0.717) is 9.09 Å². The monoisotopic (exact) mass is 329 g/mol. The summed E-state index contributed by atoms with van der Waals surface area (Å²) in [6.45, 7) is 0. The third-order valence-corrected chi connectivity index (χ3v) is 3.72. The predicted octanol–water partition coefficient (Wildman–Crippen LogP) is 4.13. The smallest absolute Gasteiger partial charge is 0.208 e. The Morgan fingerprint density at radius 3 is 2.10 bits per heavy atom. The van der Waals surface area contributed by atoms with Crippen LogP contribution in [0.3, 0.4) is 0 Å². The molecule has 1 aromatic heterocycles. The summed E-state index contributed by atoms with van der Waals surface area (Å²) in [5.41, 5.74) is 1.91. The van der Waals surface area contributed by atoms with Crippen molar-refractivity contribution in [1.82, 2.24) is 14.3 Å². The molecule has 3 rings (SSSR count). The van der Waals surface area contributed by atoms with Gasteiger partial charge >= 0.3 is 0 Å². The van der Waals surface area contributed by atoms with Crippen molar-refractivity contribution >= 4 is 41.4 Å². The van der Waals surface area contributed by atoms with E-state index in [1.165, 1.54) is 4.68 Å². The van der Waals surface area contributed by atoms with E-state index < -0.39 is 0 Å². The lowest BCUT2D eigenvalue weighted by Gasteiger charge is -2.06. The number of thiol groups is 1. The Labute approximate surface area is 138 Å². The van der Waals surface area contributed by atoms with Crippen LogP contribution in [0.4, 0.5) is 0 Å². The lowest BCUT2D eigenvalue weighted by molar-refractivity contribution is 0.940. The Morgan fingerprint density at radius 1 is 0.952 bits per heavy atom. The molecule has 0 aliphatic rings. The summed E-state index contributed by atoms with van der Waals surface area (Å²) in [6, 6.07) is 19.7. The van der Waals surface area contributed by atoms with Crippen molar-refractivity contribution in [2.24, 2.45) is 0 Å². The molecule has 21 heavy (non-hydrogen) atoms. The standard InChI is InChI=1S/C15H11N3S3/c19-14-17(12-9-5-2-6-10-12)13(16-18(14)15(20)21)11-7-3-1-4-8-11/h1-10H,(H,20,21). The van der Waals surface area contributed by atoms with E-state index in [0.717, 1.165) is 17.1 Å². The van der Waals surface area contributed by atoms with Crippen LogP contribution in [-0.4, -0.2) is 18.7 Å². The van der Waals surface area contributed by atoms with Gasteiger partial charge in [-0.2, -0.15) is 4.68 Å². The van der Waals surface area contributed by atoms with Crippen molar-refractivity contribution in [2.45, 2.75) is 0 Å². The van der Waals surface area contributed by atoms with Gasteiger partial charge in [-0.25, -0.2) is 0 Å². The van der Waals surface area contributed by atoms with Crippen LogP contribution in [-0.2, 0) is 0 Å². The van der Waals surface area contributed by atoms with Gasteiger partial charge in [0, 0.05) is 11.3 Å². The molecule has 3 aromatic rings. The zero-order chi connectivity index (χ0) is 14.8. The van der Waals surface area contributed by atoms with Crippen molar-refractivity contribution in [3.05, 3.63) is 65.4 Å². The van der Waals surface area contributed by atoms with Gasteiger partial charge in [0.25, 0.3) is 0 Å². The Morgan fingerprint density at radius 2 is 1.52 bits per heavy atom. The van der Waals surface area contributed by atoms with E-state index in [4.69, 9.17) is 24.4 Å². The number of para-hydroxylation sites is 1. The van der Waals surface area contributed by atoms with Crippen LogP contribution in [0.15, 0.2) is 60.7 Å². The topological polar surface area (TPSA) is 22.8 Å². The largest absolute Gasteiger partial charge is 0.268 e. The number of benzene rings is 2. The highest BCUT2D eigenvalue weighted by Crippen LogP contribution is 2.22. The molecule has 0 aliphatic heterocycles. The molecule has 3 nitrogen and oxygen atoms in total. The highest BCUT2D eigenvalue weighted by molar-refractivity contribution is 8.11. The first-order chi connectivity index (χ1) is 10.2. The van der Waals surface area contributed by atoms with E-state index in [1.807, 2.05) is 65.2 Å². The van der Waals surface area contributed by atoms with Gasteiger partial charge in [0.1, 0.15) is 0 Å². The SMILES string of the molecule is S=C(S)n1nc(-c2ccccc2)n(-c2ccccc2)c1=S. The normalized spacial score (nSPS) is 10.5. The number of aromatic nitrogens is 3. The Balaban J connectivity index is 2.32. The van der Waals surface area contributed by atoms with E-state index in [-0.39, 0.29) is 0 Å². The minimum absolute atomic E-state index is 0.326. The third kappa shape index (κ3) is 2.70. The molecule has 0 saturated carbocycles. The first-order valence-corrected chi connectivity index (χ1v) is 7.51. The van der Waals surface area contributed by atoms with E-state index in [1.54, 1.807) is 0 Å². The molecule has 0 spiro atoms. The van der Waals surface area contributed by atoms with Gasteiger partial charge in [-0.15, -0.1) is 17.7 Å². The van der Waals surface area contributed by atoms with Crippen LogP contribution in [0.2, 0.25) is 0 Å². The first-order valence-electron chi connectivity index (χ1n) is 6.24. The second-order valence-electron chi connectivity index (χ2n) is 4.34. The second kappa shape index (κ2) is 5.93. The molecular weight excluding hydrogens is 318 g/mol. The van der Waals surface area contributed by atoms with Gasteiger partial charge < -0.3 is 0 Å². The maximum atomic E-state index is 5.50. The van der Waals surface area contributed by atoms with Gasteiger partial charge in [-0.1, -0.05) is 60.7 Å². The van der Waals surface area contributed by atoms with Crippen LogP contribution >= 0.6 is 37.1 Å². The molecule has 0 radical (unpaired) electrons. The van der Waals surface area contributed by atoms with Crippen LogP contribution < -0.4 is 0 Å². The van der Waals surface area contributed by atoms with Crippen molar-refractivity contribution in [3.8, 4) is 17.1 Å². The summed E-state index contributed by atoms with van der Waals surface area (Å²) in [6.07, 6.45) is 0. The lowest BCUT2D eigenvalue weighted by Crippen LogP contribution is -2.04. The first kappa shape index (κ1) is 14.2. The zero-order valence-electron chi connectivity index (χ0n) is 10.9. The predicted molar refractivity (Wildman–Crippen MR) is 94.8 cm³/mol. The van der Waals surface area contributed by atoms with Gasteiger partial charge in [-0.05, 0) is 24.4 Å². The van der Waals surface area contributed by atoms with E-state index >= 15 is 0 Å². The molecular formula is C15H11N3S3. The van der Waals surface area contributed by atoms with Crippen molar-refractivity contribution in [1.29, 1.82) is 0 Å². The second-order valence-corrected chi connectivity index (χ2v) is 5.82. The number of nitrogens with zero attached hydrogens (tertiary/aromatic N) is 3. The Kier molecular flexibility index (Phi) is 4.01. The molecule has 0 bridgehead atoms. The highest BCUT2D eigenvalue weighted by atomic mass is 32.1. The quantitative estimate of drug-likeness (QED) is 0.564. The molecule has 0 amide bonds. The highest BCUT2D eigenvalue weighted by Gasteiger charge is 2.15. The minimum atomic E-state index is 0.326. The lowest BCUT2D eigenvalue weighted by atomic mass is 10.2. The number of hydrogen-bond donors (Lipinski definition) is 1. The molecule has 2 aromatic carbocycles. The summed E-state index contributed by atoms with van der Waals surface area (Å²) in [5, 5.41) is 4.51. The maximum Gasteiger partial charge on any atom is 0.208 e. The van der Waals surface area contributed by atoms with Crippen LogP contribution in [0.1, 0.15) is 0 Å². The fourth-order valence-corrected chi connectivity index (χ4v) is 2.79. The zero-order valence-corrected chi connectivity index (χ0v) is 13.4. The van der Waals surface area contributed by atoms with Crippen molar-refractivity contribution < 1.29 is 0 Å². The Bertz CT molecular complexity index is 836. The average molecular weight is 329 g/mol. The number of rotatable bonds is 2. The summed E-state index contributed by atoms with van der Waals surface area (Å²) < 4.78 is 4.21. The molecule has 1 heterocycles. The molecule has 0 atom stereocenters. The van der Waals surface area contributed by atoms with E-state index in [2.05, 4.69) is 17.7 Å². The minimum Gasteiger partial charge on any atom is -0.268 e. The van der Waals surface area contributed by atoms with Crippen LogP contribution in [0.25, 0.3) is 17.1 Å². The Hall–Kier alpha value is -1.76. The van der Waals surface area contributed by atoms with Gasteiger partial charge in [-0.3, -0.25) is 4.57 Å². The van der Waals surface area contributed by atoms with Gasteiger partial charge in [0.15, 0.2) is 10.1 Å². The molecule has 104 valence electrons. The maximum absolute atomic E-state index is 5.50. The molecule has 0 saturated heterocycles. The molecule has 0 N–H and O–H groups in total. The van der Waals surface area contributed by atoms with Crippen molar-refractivity contribution in [3.63, 3.8) is 0 Å². The molecule has 0 fully saturated rings. The van der Waals surface area contributed by atoms with Gasteiger partial charge in [0.05, 0.1) is 0 Å². The molecule has 6 heteroatoms. The number of thiocarbonyl (C=S) groups is 1. The van der Waals surface area contributed by atoms with E-state index in [9.17, 15) is 0 Å². The van der Waals surface area contributed by atoms with Gasteiger partial charge in [0.2, 0.25) is 4.77 Å². The fraction of sp³-hybridized carbons (Fsp3) is 0. The van der Waals surface area contributed by atoms with Crippen LogP contribution in [0, 0.1) is 4.77 Å². The summed E-state index contributed by atoms with van der Waals surface area (Å²) in [4.78, 5) is 0.